The molecule has 0 bridgehead atoms. The van der Waals surface area contributed by atoms with Crippen LogP contribution >= 0.6 is 0 Å². The lowest BCUT2D eigenvalue weighted by molar-refractivity contribution is -0.870. The molecule has 0 fully saturated rings. The quantitative estimate of drug-likeness (QED) is 0.0195. The molecule has 0 saturated carbocycles. The fourth-order valence-corrected chi connectivity index (χ4v) is 12.3. The van der Waals surface area contributed by atoms with Crippen LogP contribution < -0.4 is 5.11 Å². The number of unbranched alkanes of at least 4 members (excludes halogenated alkanes) is 55. The van der Waals surface area contributed by atoms with Gasteiger partial charge in [0.05, 0.1) is 40.3 Å². The number of esters is 2. The second-order valence-electron chi connectivity index (χ2n) is 28.7. The molecule has 2 atom stereocenters. The Morgan fingerprint density at radius 2 is 0.593 bits per heavy atom. The minimum atomic E-state index is -1.62. The van der Waals surface area contributed by atoms with E-state index in [0.29, 0.717) is 23.9 Å². The minimum absolute atomic E-state index is 0.151. The molecule has 0 aromatic carbocycles. The zero-order valence-corrected chi connectivity index (χ0v) is 61.5. The molecular formula is C82H155NO8. The van der Waals surface area contributed by atoms with Gasteiger partial charge in [-0.25, -0.2) is 0 Å². The summed E-state index contributed by atoms with van der Waals surface area (Å²) in [4.78, 5) is 37.6. The van der Waals surface area contributed by atoms with Crippen molar-refractivity contribution in [2.24, 2.45) is 0 Å². The number of quaternary nitrogens is 1. The highest BCUT2D eigenvalue weighted by molar-refractivity contribution is 5.70. The topological polar surface area (TPSA) is 111 Å². The molecule has 0 aliphatic heterocycles. The van der Waals surface area contributed by atoms with Crippen molar-refractivity contribution in [1.29, 1.82) is 0 Å². The summed E-state index contributed by atoms with van der Waals surface area (Å²) in [7, 11) is 5.95. The summed E-state index contributed by atoms with van der Waals surface area (Å²) in [6.45, 7) is 4.82. The van der Waals surface area contributed by atoms with E-state index in [-0.39, 0.29) is 32.2 Å². The Kier molecular flexibility index (Phi) is 71.3. The molecule has 9 heteroatoms. The standard InChI is InChI=1S/C82H155NO8/c1-6-8-10-12-14-16-18-20-22-24-26-28-30-32-34-36-38-39-40-41-43-44-46-48-50-52-54-56-58-60-62-64-66-68-70-72-79(84)89-76-78(77-90-82(81(86)87)88-75-74-83(3,4)5)91-80(85)73-71-69-67-65-63-61-59-57-55-53-51-49-47-45-42-37-35-33-31-29-27-25-23-21-19-17-15-13-11-9-7-2/h19,21,25,27,31,33,78,82H,6-18,20,22-24,26,28-30,32,34-77H2,1-5H3/b21-19-,27-25-,33-31-. The van der Waals surface area contributed by atoms with Crippen molar-refractivity contribution in [2.75, 3.05) is 47.5 Å². The van der Waals surface area contributed by atoms with Gasteiger partial charge in [-0.1, -0.05) is 384 Å². The Bertz CT molecular complexity index is 1590. The van der Waals surface area contributed by atoms with Crippen LogP contribution in [0.1, 0.15) is 412 Å². The summed E-state index contributed by atoms with van der Waals surface area (Å²) in [6.07, 6.45) is 91.3. The number of carbonyl (C=O) groups excluding carboxylic acids is 3. The molecule has 0 rings (SSSR count). The highest BCUT2D eigenvalue weighted by Crippen LogP contribution is 2.20. The second kappa shape index (κ2) is 73.3. The Labute approximate surface area is 566 Å². The fourth-order valence-electron chi connectivity index (χ4n) is 12.3. The van der Waals surface area contributed by atoms with Crippen molar-refractivity contribution in [3.8, 4) is 0 Å². The Morgan fingerprint density at radius 3 is 0.879 bits per heavy atom. The molecule has 0 aromatic rings. The lowest BCUT2D eigenvalue weighted by atomic mass is 10.0. The van der Waals surface area contributed by atoms with Gasteiger partial charge in [-0.05, 0) is 51.4 Å². The van der Waals surface area contributed by atoms with Crippen LogP contribution in [0.15, 0.2) is 36.5 Å². The van der Waals surface area contributed by atoms with Crippen LogP contribution in [0.5, 0.6) is 0 Å². The van der Waals surface area contributed by atoms with E-state index in [1.165, 1.54) is 334 Å². The van der Waals surface area contributed by atoms with Crippen molar-refractivity contribution in [3.05, 3.63) is 36.5 Å². The van der Waals surface area contributed by atoms with Gasteiger partial charge in [0.1, 0.15) is 13.2 Å². The zero-order chi connectivity index (χ0) is 66.1. The molecule has 2 unspecified atom stereocenters. The molecule has 536 valence electrons. The maximum atomic E-state index is 13.0. The summed E-state index contributed by atoms with van der Waals surface area (Å²) in [6, 6.07) is 0. The molecule has 0 aliphatic carbocycles. The molecule has 0 aromatic heterocycles. The number of hydrogen-bond donors (Lipinski definition) is 0. The zero-order valence-electron chi connectivity index (χ0n) is 61.5. The highest BCUT2D eigenvalue weighted by Gasteiger charge is 2.22. The number of ether oxygens (including phenoxy) is 4. The van der Waals surface area contributed by atoms with Gasteiger partial charge in [-0.3, -0.25) is 9.59 Å². The van der Waals surface area contributed by atoms with Gasteiger partial charge in [0.15, 0.2) is 12.4 Å². The minimum Gasteiger partial charge on any atom is -0.545 e. The van der Waals surface area contributed by atoms with E-state index in [9.17, 15) is 19.5 Å². The number of rotatable bonds is 76. The largest absolute Gasteiger partial charge is 0.545 e. The van der Waals surface area contributed by atoms with E-state index >= 15 is 0 Å². The Balaban J connectivity index is 3.97. The normalized spacial score (nSPS) is 12.8. The summed E-state index contributed by atoms with van der Waals surface area (Å²) >= 11 is 0. The van der Waals surface area contributed by atoms with Crippen molar-refractivity contribution in [3.63, 3.8) is 0 Å². The van der Waals surface area contributed by atoms with E-state index in [1.807, 2.05) is 21.1 Å². The van der Waals surface area contributed by atoms with Gasteiger partial charge in [0.2, 0.25) is 0 Å². The molecule has 9 nitrogen and oxygen atoms in total. The monoisotopic (exact) mass is 1280 g/mol. The van der Waals surface area contributed by atoms with Gasteiger partial charge >= 0.3 is 11.9 Å². The third-order valence-corrected chi connectivity index (χ3v) is 18.4. The Hall–Kier alpha value is -2.49. The van der Waals surface area contributed by atoms with E-state index in [0.717, 1.165) is 44.9 Å². The van der Waals surface area contributed by atoms with Crippen LogP contribution in [0.3, 0.4) is 0 Å². The van der Waals surface area contributed by atoms with Crippen molar-refractivity contribution < 1.29 is 42.9 Å². The van der Waals surface area contributed by atoms with E-state index < -0.39 is 24.3 Å². The van der Waals surface area contributed by atoms with Crippen LogP contribution in [-0.2, 0) is 33.3 Å². The third kappa shape index (κ3) is 74.8. The van der Waals surface area contributed by atoms with Gasteiger partial charge in [0, 0.05) is 12.8 Å². The van der Waals surface area contributed by atoms with Crippen molar-refractivity contribution in [1.82, 2.24) is 0 Å². The fraction of sp³-hybridized carbons (Fsp3) is 0.890. The number of aliphatic carboxylic acids is 1. The third-order valence-electron chi connectivity index (χ3n) is 18.4. The number of nitrogens with zero attached hydrogens (tertiary/aromatic N) is 1. The van der Waals surface area contributed by atoms with Crippen LogP contribution in [0.4, 0.5) is 0 Å². The van der Waals surface area contributed by atoms with E-state index in [2.05, 4.69) is 50.3 Å². The molecule has 0 saturated heterocycles. The van der Waals surface area contributed by atoms with Crippen molar-refractivity contribution in [2.45, 2.75) is 424 Å². The lowest BCUT2D eigenvalue weighted by Gasteiger charge is -2.26. The van der Waals surface area contributed by atoms with Crippen LogP contribution in [0, 0.1) is 0 Å². The number of carboxylic acids is 1. The maximum absolute atomic E-state index is 13.0. The van der Waals surface area contributed by atoms with Gasteiger partial charge in [0.25, 0.3) is 0 Å². The summed E-state index contributed by atoms with van der Waals surface area (Å²) < 4.78 is 22.9. The molecule has 0 radical (unpaired) electrons. The molecule has 0 aliphatic rings. The summed E-state index contributed by atoms with van der Waals surface area (Å²) in [5, 5.41) is 11.9. The summed E-state index contributed by atoms with van der Waals surface area (Å²) in [5.74, 6) is -2.25. The molecule has 0 N–H and O–H groups in total. The first kappa shape index (κ1) is 88.5. The molecule has 91 heavy (non-hydrogen) atoms. The number of carbonyl (C=O) groups is 3. The first-order valence-corrected chi connectivity index (χ1v) is 40.1. The van der Waals surface area contributed by atoms with Gasteiger partial charge < -0.3 is 33.3 Å². The maximum Gasteiger partial charge on any atom is 0.306 e. The number of carboxylic acid groups (broad SMARTS) is 1. The van der Waals surface area contributed by atoms with Crippen LogP contribution in [0.25, 0.3) is 0 Å². The number of likely N-dealkylation sites (N-methyl/N-ethyl adjacent to an activating group) is 1. The smallest absolute Gasteiger partial charge is 0.306 e. The first-order chi connectivity index (χ1) is 44.6. The molecule has 0 amide bonds. The second-order valence-corrected chi connectivity index (χ2v) is 28.7. The Morgan fingerprint density at radius 1 is 0.330 bits per heavy atom. The van der Waals surface area contributed by atoms with Crippen molar-refractivity contribution >= 4 is 17.9 Å². The van der Waals surface area contributed by atoms with Gasteiger partial charge in [-0.2, -0.15) is 0 Å². The first-order valence-electron chi connectivity index (χ1n) is 40.1. The molecular weight excluding hydrogens is 1130 g/mol. The highest BCUT2D eigenvalue weighted by atomic mass is 16.7. The average Bonchev–Trinajstić information content (AvgIpc) is 3.65. The average molecular weight is 1280 g/mol. The predicted octanol–water partition coefficient (Wildman–Crippen LogP) is 24.2. The predicted molar refractivity (Wildman–Crippen MR) is 389 cm³/mol. The molecule has 0 heterocycles. The molecule has 0 spiro atoms. The van der Waals surface area contributed by atoms with E-state index in [1.54, 1.807) is 0 Å². The van der Waals surface area contributed by atoms with E-state index in [4.69, 9.17) is 18.9 Å². The van der Waals surface area contributed by atoms with Crippen LogP contribution in [0.2, 0.25) is 0 Å². The number of allylic oxidation sites excluding steroid dienone is 6. The van der Waals surface area contributed by atoms with Crippen LogP contribution in [-0.4, -0.2) is 82.3 Å². The summed E-state index contributed by atoms with van der Waals surface area (Å²) in [5.41, 5.74) is 0. The van der Waals surface area contributed by atoms with Gasteiger partial charge in [-0.15, -0.1) is 0 Å². The lowest BCUT2D eigenvalue weighted by Crippen LogP contribution is -2.44. The number of hydrogen-bond acceptors (Lipinski definition) is 8. The SMILES string of the molecule is CCCCCCC/C=C\C/C=C\C/C=C\CCCCCCCCCCCCCCCCCCC(=O)OC(COC(=O)CCCCCCCCCCCCCCCCCCCCCCCCCCCCCCCCCCCCC)COC(OCC[N+](C)(C)C)C(=O)[O-].